The maximum absolute atomic E-state index is 12.9. The van der Waals surface area contributed by atoms with Crippen LogP contribution < -0.4 is 10.6 Å². The van der Waals surface area contributed by atoms with E-state index in [-0.39, 0.29) is 11.8 Å². The first kappa shape index (κ1) is 22.2. The van der Waals surface area contributed by atoms with Gasteiger partial charge < -0.3 is 20.3 Å². The molecule has 4 rings (SSSR count). The summed E-state index contributed by atoms with van der Waals surface area (Å²) < 4.78 is 5.38. The van der Waals surface area contributed by atoms with Crippen LogP contribution in [0.4, 0.5) is 5.95 Å². The van der Waals surface area contributed by atoms with Gasteiger partial charge in [0, 0.05) is 63.5 Å². The quantitative estimate of drug-likeness (QED) is 0.716. The number of anilines is 1. The van der Waals surface area contributed by atoms with Gasteiger partial charge in [-0.15, -0.1) is 0 Å². The zero-order valence-corrected chi connectivity index (χ0v) is 18.7. The molecule has 9 nitrogen and oxygen atoms in total. The summed E-state index contributed by atoms with van der Waals surface area (Å²) in [6.45, 7) is 4.75. The highest BCUT2D eigenvalue weighted by Gasteiger charge is 2.31. The van der Waals surface area contributed by atoms with Crippen LogP contribution in [0.15, 0.2) is 30.5 Å². The van der Waals surface area contributed by atoms with Gasteiger partial charge in [-0.3, -0.25) is 14.5 Å². The minimum absolute atomic E-state index is 0.121. The van der Waals surface area contributed by atoms with Gasteiger partial charge in [0.1, 0.15) is 0 Å². The number of benzene rings is 1. The molecule has 2 aliphatic heterocycles. The first-order chi connectivity index (χ1) is 15.4. The average molecular weight is 439 g/mol. The number of hydrogen-bond acceptors (Lipinski definition) is 7. The number of rotatable bonds is 6. The van der Waals surface area contributed by atoms with Crippen LogP contribution in [0, 0.1) is 0 Å². The van der Waals surface area contributed by atoms with Gasteiger partial charge in [0.15, 0.2) is 0 Å². The van der Waals surface area contributed by atoms with Gasteiger partial charge in [0.2, 0.25) is 17.8 Å². The second-order valence-corrected chi connectivity index (χ2v) is 8.52. The molecular formula is C23H30N6O3. The summed E-state index contributed by atoms with van der Waals surface area (Å²) in [6.07, 6.45) is 2.68. The Morgan fingerprint density at radius 2 is 1.88 bits per heavy atom. The third-order valence-corrected chi connectivity index (χ3v) is 6.08. The fourth-order valence-corrected chi connectivity index (χ4v) is 4.21. The fourth-order valence-electron chi connectivity index (χ4n) is 4.21. The second kappa shape index (κ2) is 9.62. The van der Waals surface area contributed by atoms with E-state index in [1.807, 2.05) is 42.2 Å². The Morgan fingerprint density at radius 1 is 1.16 bits per heavy atom. The number of primary amides is 1. The van der Waals surface area contributed by atoms with E-state index in [4.69, 9.17) is 15.5 Å². The fraction of sp³-hybridized carbons (Fsp3) is 0.478. The smallest absolute Gasteiger partial charge is 0.248 e. The summed E-state index contributed by atoms with van der Waals surface area (Å²) in [5.74, 6) is 0.455. The molecule has 1 aromatic carbocycles. The molecule has 0 unspecified atom stereocenters. The van der Waals surface area contributed by atoms with Gasteiger partial charge in [0.05, 0.1) is 25.5 Å². The van der Waals surface area contributed by atoms with Crippen molar-refractivity contribution in [3.63, 3.8) is 0 Å². The van der Waals surface area contributed by atoms with E-state index >= 15 is 0 Å². The van der Waals surface area contributed by atoms with Gasteiger partial charge >= 0.3 is 0 Å². The van der Waals surface area contributed by atoms with Crippen LogP contribution in [0.3, 0.4) is 0 Å². The predicted octanol–water partition coefficient (Wildman–Crippen LogP) is 0.957. The summed E-state index contributed by atoms with van der Waals surface area (Å²) in [4.78, 5) is 39.6. The number of nitrogens with zero attached hydrogens (tertiary/aromatic N) is 5. The molecule has 2 fully saturated rings. The Kier molecular flexibility index (Phi) is 6.66. The van der Waals surface area contributed by atoms with Crippen molar-refractivity contribution in [3.05, 3.63) is 41.7 Å². The predicted molar refractivity (Wildman–Crippen MR) is 122 cm³/mol. The van der Waals surface area contributed by atoms with E-state index in [0.717, 1.165) is 42.9 Å². The standard InChI is InChI=1S/C23H30N6O3/c1-27(2)23-25-13-19(16-3-5-17(6-4-16)22(24)31)21(26-23)18-7-8-29(14-18)20(30)15-28-9-11-32-12-10-28/h3-6,13,18H,7-12,14-15H2,1-2H3,(H2,24,31)/t18-/m0/s1. The van der Waals surface area contributed by atoms with Crippen molar-refractivity contribution in [1.29, 1.82) is 0 Å². The Balaban J connectivity index is 1.55. The van der Waals surface area contributed by atoms with Crippen LogP contribution in [-0.4, -0.2) is 91.6 Å². The van der Waals surface area contributed by atoms with E-state index < -0.39 is 5.91 Å². The number of amides is 2. The summed E-state index contributed by atoms with van der Waals surface area (Å²) in [5, 5.41) is 0. The molecule has 170 valence electrons. The Bertz CT molecular complexity index is 972. The molecule has 2 aromatic rings. The number of carbonyl (C=O) groups excluding carboxylic acids is 2. The molecule has 3 heterocycles. The highest BCUT2D eigenvalue weighted by molar-refractivity contribution is 5.93. The van der Waals surface area contributed by atoms with Crippen LogP contribution in [-0.2, 0) is 9.53 Å². The lowest BCUT2D eigenvalue weighted by Gasteiger charge is -2.28. The molecule has 0 radical (unpaired) electrons. The van der Waals surface area contributed by atoms with Gasteiger partial charge in [-0.1, -0.05) is 12.1 Å². The van der Waals surface area contributed by atoms with E-state index in [0.29, 0.717) is 37.8 Å². The molecule has 0 bridgehead atoms. The van der Waals surface area contributed by atoms with Crippen LogP contribution in [0.25, 0.3) is 11.1 Å². The second-order valence-electron chi connectivity index (χ2n) is 8.52. The normalized spacial score (nSPS) is 19.2. The summed E-state index contributed by atoms with van der Waals surface area (Å²) >= 11 is 0. The Morgan fingerprint density at radius 3 is 2.53 bits per heavy atom. The van der Waals surface area contributed by atoms with Gasteiger partial charge in [-0.25, -0.2) is 9.97 Å². The zero-order chi connectivity index (χ0) is 22.7. The van der Waals surface area contributed by atoms with Crippen molar-refractivity contribution in [2.45, 2.75) is 12.3 Å². The molecule has 2 N–H and O–H groups in total. The van der Waals surface area contributed by atoms with E-state index in [1.54, 1.807) is 12.1 Å². The summed E-state index contributed by atoms with van der Waals surface area (Å²) in [5.41, 5.74) is 8.61. The first-order valence-corrected chi connectivity index (χ1v) is 10.9. The third kappa shape index (κ3) is 4.89. The van der Waals surface area contributed by atoms with E-state index in [2.05, 4.69) is 9.88 Å². The van der Waals surface area contributed by atoms with Crippen molar-refractivity contribution < 1.29 is 14.3 Å². The molecule has 0 saturated carbocycles. The number of likely N-dealkylation sites (tertiary alicyclic amines) is 1. The highest BCUT2D eigenvalue weighted by atomic mass is 16.5. The molecule has 2 amide bonds. The van der Waals surface area contributed by atoms with Gasteiger partial charge in [-0.2, -0.15) is 0 Å². The number of ether oxygens (including phenoxy) is 1. The monoisotopic (exact) mass is 438 g/mol. The molecule has 0 aliphatic carbocycles. The molecule has 2 saturated heterocycles. The van der Waals surface area contributed by atoms with Crippen molar-refractivity contribution in [1.82, 2.24) is 19.8 Å². The van der Waals surface area contributed by atoms with Crippen molar-refractivity contribution in [3.8, 4) is 11.1 Å². The van der Waals surface area contributed by atoms with Gasteiger partial charge in [0.25, 0.3) is 0 Å². The number of carbonyl (C=O) groups is 2. The Labute approximate surface area is 188 Å². The SMILES string of the molecule is CN(C)c1ncc(-c2ccc(C(N)=O)cc2)c([C@H]2CCN(C(=O)CN3CCOCC3)C2)n1. The summed E-state index contributed by atoms with van der Waals surface area (Å²) in [7, 11) is 3.82. The maximum Gasteiger partial charge on any atom is 0.248 e. The zero-order valence-electron chi connectivity index (χ0n) is 18.7. The molecule has 0 spiro atoms. The largest absolute Gasteiger partial charge is 0.379 e. The average Bonchev–Trinajstić information content (AvgIpc) is 3.30. The molecule has 32 heavy (non-hydrogen) atoms. The molecule has 1 aromatic heterocycles. The minimum Gasteiger partial charge on any atom is -0.379 e. The molecular weight excluding hydrogens is 408 g/mol. The topological polar surface area (TPSA) is 105 Å². The number of aromatic nitrogens is 2. The molecule has 9 heteroatoms. The summed E-state index contributed by atoms with van der Waals surface area (Å²) in [6, 6.07) is 7.17. The highest BCUT2D eigenvalue weighted by Crippen LogP contribution is 2.34. The first-order valence-electron chi connectivity index (χ1n) is 10.9. The van der Waals surface area contributed by atoms with Crippen LogP contribution in [0.1, 0.15) is 28.4 Å². The van der Waals surface area contributed by atoms with E-state index in [1.165, 1.54) is 0 Å². The van der Waals surface area contributed by atoms with Crippen molar-refractivity contribution in [2.24, 2.45) is 5.73 Å². The van der Waals surface area contributed by atoms with Crippen LogP contribution >= 0.6 is 0 Å². The number of nitrogens with two attached hydrogens (primary N) is 1. The maximum atomic E-state index is 12.9. The van der Waals surface area contributed by atoms with Crippen LogP contribution in [0.5, 0.6) is 0 Å². The lowest BCUT2D eigenvalue weighted by molar-refractivity contribution is -0.132. The molecule has 1 atom stereocenters. The van der Waals surface area contributed by atoms with Crippen molar-refractivity contribution in [2.75, 3.05) is 64.9 Å². The van der Waals surface area contributed by atoms with Gasteiger partial charge in [-0.05, 0) is 24.1 Å². The lowest BCUT2D eigenvalue weighted by atomic mass is 9.95. The van der Waals surface area contributed by atoms with Crippen molar-refractivity contribution >= 4 is 17.8 Å². The molecule has 2 aliphatic rings. The number of hydrogen-bond donors (Lipinski definition) is 1. The van der Waals surface area contributed by atoms with Crippen LogP contribution in [0.2, 0.25) is 0 Å². The Hall–Kier alpha value is -3.04. The number of morpholine rings is 1. The third-order valence-electron chi connectivity index (χ3n) is 6.08. The minimum atomic E-state index is -0.457. The van der Waals surface area contributed by atoms with E-state index in [9.17, 15) is 9.59 Å². The lowest BCUT2D eigenvalue weighted by Crippen LogP contribution is -2.44.